The summed E-state index contributed by atoms with van der Waals surface area (Å²) in [6.45, 7) is 1.02. The first-order valence-electron chi connectivity index (χ1n) is 6.00. The molecule has 0 bridgehead atoms. The first kappa shape index (κ1) is 12.1. The van der Waals surface area contributed by atoms with Crippen LogP contribution in [0.3, 0.4) is 0 Å². The molecule has 2 rings (SSSR count). The molecule has 2 unspecified atom stereocenters. The van der Waals surface area contributed by atoms with Crippen LogP contribution in [0.25, 0.3) is 0 Å². The van der Waals surface area contributed by atoms with E-state index in [0.717, 1.165) is 6.54 Å². The highest BCUT2D eigenvalue weighted by molar-refractivity contribution is 9.09. The fraction of sp³-hybridized carbons (Fsp3) is 0.615. The Kier molecular flexibility index (Phi) is 4.36. The van der Waals surface area contributed by atoms with Crippen molar-refractivity contribution in [2.45, 2.75) is 43.1 Å². The van der Waals surface area contributed by atoms with Gasteiger partial charge < -0.3 is 0 Å². The molecule has 0 saturated heterocycles. The van der Waals surface area contributed by atoms with E-state index in [0.29, 0.717) is 10.9 Å². The molecule has 2 nitrogen and oxygen atoms in total. The average molecular weight is 283 g/mol. The monoisotopic (exact) mass is 282 g/mol. The molecule has 1 aromatic heterocycles. The van der Waals surface area contributed by atoms with Gasteiger partial charge >= 0.3 is 0 Å². The molecule has 0 aliphatic heterocycles. The van der Waals surface area contributed by atoms with Gasteiger partial charge in [-0.05, 0) is 37.6 Å². The van der Waals surface area contributed by atoms with E-state index in [1.54, 1.807) is 0 Å². The second-order valence-corrected chi connectivity index (χ2v) is 5.81. The predicted octanol–water partition coefficient (Wildman–Crippen LogP) is 3.22. The number of nitrogens with zero attached hydrogens (tertiary/aromatic N) is 2. The van der Waals surface area contributed by atoms with Gasteiger partial charge in [-0.1, -0.05) is 28.8 Å². The molecule has 1 aliphatic rings. The van der Waals surface area contributed by atoms with Crippen molar-refractivity contribution >= 4 is 15.9 Å². The molecule has 1 heterocycles. The summed E-state index contributed by atoms with van der Waals surface area (Å²) in [5.41, 5.74) is 1.35. The molecule has 88 valence electrons. The number of alkyl halides is 1. The summed E-state index contributed by atoms with van der Waals surface area (Å²) in [6, 6.07) is 4.88. The third-order valence-corrected chi connectivity index (χ3v) is 4.46. The summed E-state index contributed by atoms with van der Waals surface area (Å²) in [7, 11) is 2.23. The number of hydrogen-bond donors (Lipinski definition) is 0. The van der Waals surface area contributed by atoms with Crippen LogP contribution in [0.1, 0.15) is 31.2 Å². The van der Waals surface area contributed by atoms with Gasteiger partial charge in [0.25, 0.3) is 0 Å². The highest BCUT2D eigenvalue weighted by Gasteiger charge is 2.25. The summed E-state index contributed by atoms with van der Waals surface area (Å²) < 4.78 is 0. The van der Waals surface area contributed by atoms with Gasteiger partial charge in [0.05, 0.1) is 0 Å². The molecule has 0 amide bonds. The maximum absolute atomic E-state index is 4.05. The van der Waals surface area contributed by atoms with E-state index in [9.17, 15) is 0 Å². The van der Waals surface area contributed by atoms with E-state index in [1.165, 1.54) is 31.2 Å². The number of halogens is 1. The molecule has 1 aliphatic carbocycles. The lowest BCUT2D eigenvalue weighted by molar-refractivity contribution is 0.193. The molecule has 0 aromatic carbocycles. The Labute approximate surface area is 106 Å². The van der Waals surface area contributed by atoms with Crippen LogP contribution in [0, 0.1) is 0 Å². The van der Waals surface area contributed by atoms with Gasteiger partial charge in [-0.2, -0.15) is 0 Å². The molecule has 3 heteroatoms. The first-order chi connectivity index (χ1) is 7.77. The van der Waals surface area contributed by atoms with Crippen molar-refractivity contribution in [3.8, 4) is 0 Å². The van der Waals surface area contributed by atoms with E-state index in [-0.39, 0.29) is 0 Å². The third-order valence-electron chi connectivity index (χ3n) is 3.39. The minimum Gasteiger partial charge on any atom is -0.298 e. The normalized spacial score (nSPS) is 25.9. The van der Waals surface area contributed by atoms with Crippen molar-refractivity contribution in [1.82, 2.24) is 9.88 Å². The Hall–Kier alpha value is -0.410. The second-order valence-electron chi connectivity index (χ2n) is 4.64. The van der Waals surface area contributed by atoms with Crippen molar-refractivity contribution in [2.75, 3.05) is 7.05 Å². The van der Waals surface area contributed by atoms with Gasteiger partial charge in [-0.15, -0.1) is 0 Å². The molecule has 0 spiro atoms. The topological polar surface area (TPSA) is 16.1 Å². The van der Waals surface area contributed by atoms with Crippen LogP contribution in [0.2, 0.25) is 0 Å². The van der Waals surface area contributed by atoms with E-state index in [2.05, 4.69) is 45.0 Å². The van der Waals surface area contributed by atoms with Crippen LogP contribution in [-0.2, 0) is 6.54 Å². The predicted molar refractivity (Wildman–Crippen MR) is 70.7 cm³/mol. The lowest BCUT2D eigenvalue weighted by Gasteiger charge is -2.35. The number of aromatic nitrogens is 1. The zero-order valence-electron chi connectivity index (χ0n) is 9.77. The molecule has 1 fully saturated rings. The average Bonchev–Trinajstić information content (AvgIpc) is 2.31. The largest absolute Gasteiger partial charge is 0.298 e. The molecule has 0 N–H and O–H groups in total. The highest BCUT2D eigenvalue weighted by Crippen LogP contribution is 2.28. The smallest absolute Gasteiger partial charge is 0.0301 e. The lowest BCUT2D eigenvalue weighted by Crippen LogP contribution is -2.40. The van der Waals surface area contributed by atoms with Crippen LogP contribution in [0.4, 0.5) is 0 Å². The number of pyridine rings is 1. The quantitative estimate of drug-likeness (QED) is 0.792. The molecular weight excluding hydrogens is 264 g/mol. The van der Waals surface area contributed by atoms with Crippen molar-refractivity contribution in [1.29, 1.82) is 0 Å². The molecular formula is C13H19BrN2. The fourth-order valence-corrected chi connectivity index (χ4v) is 3.45. The van der Waals surface area contributed by atoms with Gasteiger partial charge in [-0.3, -0.25) is 9.88 Å². The van der Waals surface area contributed by atoms with E-state index in [4.69, 9.17) is 0 Å². The van der Waals surface area contributed by atoms with Crippen LogP contribution in [-0.4, -0.2) is 27.8 Å². The lowest BCUT2D eigenvalue weighted by atomic mass is 9.94. The van der Waals surface area contributed by atoms with Crippen molar-refractivity contribution < 1.29 is 0 Å². The van der Waals surface area contributed by atoms with E-state index < -0.39 is 0 Å². The van der Waals surface area contributed by atoms with Crippen LogP contribution >= 0.6 is 15.9 Å². The summed E-state index contributed by atoms with van der Waals surface area (Å²) >= 11 is 3.81. The number of rotatable bonds is 3. The van der Waals surface area contributed by atoms with E-state index >= 15 is 0 Å². The van der Waals surface area contributed by atoms with Gasteiger partial charge in [0.15, 0.2) is 0 Å². The fourth-order valence-electron chi connectivity index (χ4n) is 2.46. The van der Waals surface area contributed by atoms with Crippen LogP contribution in [0.15, 0.2) is 24.5 Å². The van der Waals surface area contributed by atoms with Gasteiger partial charge in [-0.25, -0.2) is 0 Å². The Balaban J connectivity index is 1.94. The minimum atomic E-state index is 0.660. The van der Waals surface area contributed by atoms with Crippen LogP contribution < -0.4 is 0 Å². The zero-order chi connectivity index (χ0) is 11.4. The molecule has 1 saturated carbocycles. The Morgan fingerprint density at radius 1 is 1.31 bits per heavy atom. The molecule has 0 radical (unpaired) electrons. The summed E-state index contributed by atoms with van der Waals surface area (Å²) in [5, 5.41) is 0. The van der Waals surface area contributed by atoms with E-state index in [1.807, 2.05) is 12.4 Å². The van der Waals surface area contributed by atoms with Crippen LogP contribution in [0.5, 0.6) is 0 Å². The second kappa shape index (κ2) is 5.78. The third kappa shape index (κ3) is 3.05. The summed E-state index contributed by atoms with van der Waals surface area (Å²) in [5.74, 6) is 0. The maximum atomic E-state index is 4.05. The molecule has 1 aromatic rings. The van der Waals surface area contributed by atoms with Crippen molar-refractivity contribution in [3.63, 3.8) is 0 Å². The molecule has 16 heavy (non-hydrogen) atoms. The van der Waals surface area contributed by atoms with Crippen molar-refractivity contribution in [3.05, 3.63) is 30.1 Å². The first-order valence-corrected chi connectivity index (χ1v) is 6.92. The summed E-state index contributed by atoms with van der Waals surface area (Å²) in [6.07, 6.45) is 9.11. The highest BCUT2D eigenvalue weighted by atomic mass is 79.9. The SMILES string of the molecule is CN(Cc1ccncc1)C1CCCCC1Br. The molecule has 2 atom stereocenters. The maximum Gasteiger partial charge on any atom is 0.0301 e. The van der Waals surface area contributed by atoms with Gasteiger partial charge in [0.2, 0.25) is 0 Å². The zero-order valence-corrected chi connectivity index (χ0v) is 11.4. The Bertz CT molecular complexity index is 315. The van der Waals surface area contributed by atoms with Crippen molar-refractivity contribution in [2.24, 2.45) is 0 Å². The number of hydrogen-bond acceptors (Lipinski definition) is 2. The van der Waals surface area contributed by atoms with Gasteiger partial charge in [0.1, 0.15) is 0 Å². The minimum absolute atomic E-state index is 0.660. The Morgan fingerprint density at radius 2 is 2.00 bits per heavy atom. The Morgan fingerprint density at radius 3 is 2.69 bits per heavy atom. The van der Waals surface area contributed by atoms with Gasteiger partial charge in [0, 0.05) is 29.8 Å². The standard InChI is InChI=1S/C13H19BrN2/c1-16(10-11-6-8-15-9-7-11)13-5-3-2-4-12(13)14/h6-9,12-13H,2-5,10H2,1H3. The summed E-state index contributed by atoms with van der Waals surface area (Å²) in [4.78, 5) is 7.18.